The predicted molar refractivity (Wildman–Crippen MR) is 70.2 cm³/mol. The molecule has 2 fully saturated rings. The fourth-order valence-corrected chi connectivity index (χ4v) is 3.26. The summed E-state index contributed by atoms with van der Waals surface area (Å²) in [6.45, 7) is 0.940. The standard InChI is InChI=1S/C16H22O/c1-2-5-13(6-3-1)14-8-10-15(11-9-14)16-7-4-12-17-16/h8-11,13,16H,1-7,12H2. The van der Waals surface area contributed by atoms with Gasteiger partial charge in [0.1, 0.15) is 0 Å². The molecular weight excluding hydrogens is 208 g/mol. The Morgan fingerprint density at radius 3 is 2.12 bits per heavy atom. The van der Waals surface area contributed by atoms with Crippen LogP contribution in [0.25, 0.3) is 0 Å². The monoisotopic (exact) mass is 230 g/mol. The maximum Gasteiger partial charge on any atom is 0.0825 e. The average molecular weight is 230 g/mol. The fourth-order valence-electron chi connectivity index (χ4n) is 3.26. The molecule has 2 aliphatic rings. The van der Waals surface area contributed by atoms with Crippen molar-refractivity contribution in [3.63, 3.8) is 0 Å². The van der Waals surface area contributed by atoms with E-state index in [1.54, 1.807) is 5.56 Å². The smallest absolute Gasteiger partial charge is 0.0825 e. The molecule has 1 aromatic rings. The number of hydrogen-bond acceptors (Lipinski definition) is 1. The van der Waals surface area contributed by atoms with E-state index in [0.29, 0.717) is 6.10 Å². The Hall–Kier alpha value is -0.820. The van der Waals surface area contributed by atoms with Crippen LogP contribution in [0.15, 0.2) is 24.3 Å². The second-order valence-electron chi connectivity index (χ2n) is 5.50. The summed E-state index contributed by atoms with van der Waals surface area (Å²) in [5.74, 6) is 0.822. The molecule has 92 valence electrons. The van der Waals surface area contributed by atoms with Gasteiger partial charge in [0.25, 0.3) is 0 Å². The van der Waals surface area contributed by atoms with Crippen LogP contribution in [-0.4, -0.2) is 6.61 Å². The molecule has 0 spiro atoms. The summed E-state index contributed by atoms with van der Waals surface area (Å²) >= 11 is 0. The van der Waals surface area contributed by atoms with Gasteiger partial charge in [-0.15, -0.1) is 0 Å². The van der Waals surface area contributed by atoms with Gasteiger partial charge in [-0.25, -0.2) is 0 Å². The highest BCUT2D eigenvalue weighted by atomic mass is 16.5. The fraction of sp³-hybridized carbons (Fsp3) is 0.625. The predicted octanol–water partition coefficient (Wildman–Crippen LogP) is 4.59. The van der Waals surface area contributed by atoms with Gasteiger partial charge in [0.2, 0.25) is 0 Å². The molecule has 0 amide bonds. The minimum Gasteiger partial charge on any atom is -0.374 e. The van der Waals surface area contributed by atoms with Gasteiger partial charge < -0.3 is 4.74 Å². The Kier molecular flexibility index (Phi) is 3.46. The van der Waals surface area contributed by atoms with Crippen molar-refractivity contribution in [1.82, 2.24) is 0 Å². The van der Waals surface area contributed by atoms with Gasteiger partial charge in [0.15, 0.2) is 0 Å². The van der Waals surface area contributed by atoms with Crippen LogP contribution < -0.4 is 0 Å². The quantitative estimate of drug-likeness (QED) is 0.722. The summed E-state index contributed by atoms with van der Waals surface area (Å²) in [6.07, 6.45) is 9.83. The van der Waals surface area contributed by atoms with Crippen molar-refractivity contribution < 1.29 is 4.74 Å². The topological polar surface area (TPSA) is 9.23 Å². The first kappa shape index (κ1) is 11.3. The van der Waals surface area contributed by atoms with Crippen LogP contribution in [0.4, 0.5) is 0 Å². The summed E-state index contributed by atoms with van der Waals surface area (Å²) in [4.78, 5) is 0. The number of hydrogen-bond donors (Lipinski definition) is 0. The van der Waals surface area contributed by atoms with Crippen molar-refractivity contribution in [2.24, 2.45) is 0 Å². The normalized spacial score (nSPS) is 26.2. The Morgan fingerprint density at radius 2 is 1.47 bits per heavy atom. The van der Waals surface area contributed by atoms with Gasteiger partial charge >= 0.3 is 0 Å². The third kappa shape index (κ3) is 2.55. The molecule has 1 aromatic carbocycles. The maximum atomic E-state index is 5.72. The SMILES string of the molecule is c1cc(C2CCCO2)ccc1C1CCCCC1. The summed E-state index contributed by atoms with van der Waals surface area (Å²) in [7, 11) is 0. The van der Waals surface area contributed by atoms with E-state index in [1.165, 1.54) is 50.5 Å². The first-order valence-corrected chi connectivity index (χ1v) is 7.15. The van der Waals surface area contributed by atoms with E-state index in [0.717, 1.165) is 12.5 Å². The highest BCUT2D eigenvalue weighted by Crippen LogP contribution is 2.34. The van der Waals surface area contributed by atoms with Gasteiger partial charge in [0.05, 0.1) is 6.10 Å². The molecule has 1 heterocycles. The Balaban J connectivity index is 1.70. The highest BCUT2D eigenvalue weighted by Gasteiger charge is 2.19. The number of ether oxygens (including phenoxy) is 1. The molecule has 0 N–H and O–H groups in total. The molecule has 1 atom stereocenters. The Labute approximate surface area is 104 Å². The van der Waals surface area contributed by atoms with E-state index in [-0.39, 0.29) is 0 Å². The van der Waals surface area contributed by atoms with Crippen molar-refractivity contribution in [3.8, 4) is 0 Å². The molecule has 0 bridgehead atoms. The molecule has 17 heavy (non-hydrogen) atoms. The third-order valence-corrected chi connectivity index (χ3v) is 4.31. The van der Waals surface area contributed by atoms with Crippen molar-refractivity contribution >= 4 is 0 Å². The van der Waals surface area contributed by atoms with E-state index in [4.69, 9.17) is 4.74 Å². The van der Waals surface area contributed by atoms with Gasteiger partial charge in [-0.1, -0.05) is 43.5 Å². The summed E-state index contributed by atoms with van der Waals surface area (Å²) < 4.78 is 5.72. The Bertz CT molecular complexity index is 342. The number of benzene rings is 1. The molecule has 1 aliphatic heterocycles. The van der Waals surface area contributed by atoms with E-state index in [2.05, 4.69) is 24.3 Å². The minimum atomic E-state index is 0.371. The van der Waals surface area contributed by atoms with Crippen molar-refractivity contribution in [2.45, 2.75) is 57.0 Å². The first-order chi connectivity index (χ1) is 8.43. The molecule has 0 radical (unpaired) electrons. The zero-order valence-corrected chi connectivity index (χ0v) is 10.5. The molecule has 1 unspecified atom stereocenters. The third-order valence-electron chi connectivity index (χ3n) is 4.31. The molecule has 1 saturated carbocycles. The largest absolute Gasteiger partial charge is 0.374 e. The van der Waals surface area contributed by atoms with Gasteiger partial charge in [0, 0.05) is 6.61 Å². The van der Waals surface area contributed by atoms with Gasteiger partial charge in [-0.2, -0.15) is 0 Å². The zero-order valence-electron chi connectivity index (χ0n) is 10.5. The first-order valence-electron chi connectivity index (χ1n) is 7.15. The number of rotatable bonds is 2. The molecule has 1 heteroatoms. The Morgan fingerprint density at radius 1 is 0.765 bits per heavy atom. The lowest BCUT2D eigenvalue weighted by molar-refractivity contribution is 0.112. The van der Waals surface area contributed by atoms with Gasteiger partial charge in [-0.05, 0) is 42.7 Å². The van der Waals surface area contributed by atoms with Crippen LogP contribution in [-0.2, 0) is 4.74 Å². The molecule has 1 aliphatic carbocycles. The van der Waals surface area contributed by atoms with Crippen LogP contribution in [0.1, 0.15) is 68.1 Å². The van der Waals surface area contributed by atoms with Crippen molar-refractivity contribution in [2.75, 3.05) is 6.61 Å². The van der Waals surface area contributed by atoms with E-state index >= 15 is 0 Å². The van der Waals surface area contributed by atoms with Crippen LogP contribution >= 0.6 is 0 Å². The molecule has 1 saturated heterocycles. The second kappa shape index (κ2) is 5.22. The highest BCUT2D eigenvalue weighted by molar-refractivity contribution is 5.27. The van der Waals surface area contributed by atoms with Gasteiger partial charge in [-0.3, -0.25) is 0 Å². The minimum absolute atomic E-state index is 0.371. The van der Waals surface area contributed by atoms with E-state index < -0.39 is 0 Å². The van der Waals surface area contributed by atoms with E-state index in [1.807, 2.05) is 0 Å². The summed E-state index contributed by atoms with van der Waals surface area (Å²) in [5.41, 5.74) is 2.92. The lowest BCUT2D eigenvalue weighted by Crippen LogP contribution is -2.05. The maximum absolute atomic E-state index is 5.72. The molecule has 0 aromatic heterocycles. The summed E-state index contributed by atoms with van der Waals surface area (Å²) in [6, 6.07) is 9.26. The average Bonchev–Trinajstić information content (AvgIpc) is 2.94. The summed E-state index contributed by atoms with van der Waals surface area (Å²) in [5, 5.41) is 0. The second-order valence-corrected chi connectivity index (χ2v) is 5.50. The van der Waals surface area contributed by atoms with Crippen LogP contribution in [0.3, 0.4) is 0 Å². The van der Waals surface area contributed by atoms with Crippen molar-refractivity contribution in [1.29, 1.82) is 0 Å². The van der Waals surface area contributed by atoms with Crippen LogP contribution in [0.5, 0.6) is 0 Å². The van der Waals surface area contributed by atoms with E-state index in [9.17, 15) is 0 Å². The molecular formula is C16H22O. The lowest BCUT2D eigenvalue weighted by Gasteiger charge is -2.22. The lowest BCUT2D eigenvalue weighted by atomic mass is 9.84. The molecule has 1 nitrogen and oxygen atoms in total. The van der Waals surface area contributed by atoms with Crippen LogP contribution in [0, 0.1) is 0 Å². The molecule has 3 rings (SSSR count). The van der Waals surface area contributed by atoms with Crippen LogP contribution in [0.2, 0.25) is 0 Å². The van der Waals surface area contributed by atoms with Crippen molar-refractivity contribution in [3.05, 3.63) is 35.4 Å². The zero-order chi connectivity index (χ0) is 11.5.